The smallest absolute Gasteiger partial charge is 0.168 e. The van der Waals surface area contributed by atoms with Gasteiger partial charge in [0.2, 0.25) is 0 Å². The zero-order valence-corrected chi connectivity index (χ0v) is 11.9. The van der Waals surface area contributed by atoms with Crippen LogP contribution in [0.1, 0.15) is 17.4 Å². The van der Waals surface area contributed by atoms with Crippen LogP contribution in [0.5, 0.6) is 5.75 Å². The van der Waals surface area contributed by atoms with E-state index < -0.39 is 11.9 Å². The molecule has 0 spiro atoms. The van der Waals surface area contributed by atoms with Gasteiger partial charge in [-0.3, -0.25) is 4.98 Å². The van der Waals surface area contributed by atoms with Crippen molar-refractivity contribution in [3.05, 3.63) is 58.1 Å². The van der Waals surface area contributed by atoms with E-state index in [0.717, 1.165) is 4.47 Å². The highest BCUT2D eigenvalue weighted by atomic mass is 79.9. The number of aromatic nitrogens is 1. The number of aliphatic hydroxyl groups is 1. The molecule has 1 aromatic heterocycles. The molecule has 0 bridgehead atoms. The summed E-state index contributed by atoms with van der Waals surface area (Å²) >= 11 is 3.27. The standard InChI is InChI=1S/C14H13BrFNO2/c1-19-13-4-2-3-9(14(13)16)7-12(18)11-6-5-10(15)8-17-11/h2-6,8,12,18H,7H2,1H3. The lowest BCUT2D eigenvalue weighted by atomic mass is 10.0. The van der Waals surface area contributed by atoms with Crippen LogP contribution in [0, 0.1) is 5.82 Å². The Morgan fingerprint density at radius 1 is 1.37 bits per heavy atom. The predicted molar refractivity (Wildman–Crippen MR) is 73.6 cm³/mol. The second-order valence-corrected chi connectivity index (χ2v) is 4.97. The van der Waals surface area contributed by atoms with Crippen molar-refractivity contribution in [2.45, 2.75) is 12.5 Å². The van der Waals surface area contributed by atoms with Crippen molar-refractivity contribution in [2.24, 2.45) is 0 Å². The molecule has 3 nitrogen and oxygen atoms in total. The van der Waals surface area contributed by atoms with Gasteiger partial charge in [0.15, 0.2) is 11.6 Å². The van der Waals surface area contributed by atoms with Crippen LogP contribution in [0.3, 0.4) is 0 Å². The Balaban J connectivity index is 2.19. The fourth-order valence-corrected chi connectivity index (χ4v) is 2.00. The molecule has 0 saturated heterocycles. The number of aliphatic hydroxyl groups excluding tert-OH is 1. The van der Waals surface area contributed by atoms with Crippen LogP contribution in [0.15, 0.2) is 41.0 Å². The topological polar surface area (TPSA) is 42.4 Å². The molecule has 0 aliphatic rings. The molecule has 5 heteroatoms. The van der Waals surface area contributed by atoms with Gasteiger partial charge in [0.25, 0.3) is 0 Å². The van der Waals surface area contributed by atoms with Gasteiger partial charge in [0.05, 0.1) is 12.8 Å². The van der Waals surface area contributed by atoms with Crippen molar-refractivity contribution in [1.82, 2.24) is 4.98 Å². The lowest BCUT2D eigenvalue weighted by Gasteiger charge is -2.12. The normalized spacial score (nSPS) is 12.2. The van der Waals surface area contributed by atoms with Crippen molar-refractivity contribution >= 4 is 15.9 Å². The molecule has 0 fully saturated rings. The summed E-state index contributed by atoms with van der Waals surface area (Å²) in [5, 5.41) is 10.1. The number of hydrogen-bond donors (Lipinski definition) is 1. The molecule has 19 heavy (non-hydrogen) atoms. The van der Waals surface area contributed by atoms with Gasteiger partial charge in [-0.25, -0.2) is 4.39 Å². The van der Waals surface area contributed by atoms with Crippen LogP contribution in [-0.4, -0.2) is 17.2 Å². The Labute approximate surface area is 119 Å². The maximum absolute atomic E-state index is 13.9. The predicted octanol–water partition coefficient (Wildman–Crippen LogP) is 3.27. The Morgan fingerprint density at radius 3 is 2.79 bits per heavy atom. The highest BCUT2D eigenvalue weighted by Gasteiger charge is 2.15. The molecule has 0 radical (unpaired) electrons. The molecule has 1 atom stereocenters. The van der Waals surface area contributed by atoms with Crippen LogP contribution < -0.4 is 4.74 Å². The van der Waals surface area contributed by atoms with Gasteiger partial charge in [-0.2, -0.15) is 0 Å². The zero-order valence-electron chi connectivity index (χ0n) is 10.3. The molecule has 1 heterocycles. The average molecular weight is 326 g/mol. The molecule has 100 valence electrons. The average Bonchev–Trinajstić information content (AvgIpc) is 2.42. The summed E-state index contributed by atoms with van der Waals surface area (Å²) in [7, 11) is 1.41. The van der Waals surface area contributed by atoms with Crippen molar-refractivity contribution < 1.29 is 14.2 Å². The third-order valence-electron chi connectivity index (χ3n) is 2.77. The summed E-state index contributed by atoms with van der Waals surface area (Å²) < 4.78 is 19.7. The monoisotopic (exact) mass is 325 g/mol. The summed E-state index contributed by atoms with van der Waals surface area (Å²) in [5.41, 5.74) is 0.905. The minimum atomic E-state index is -0.852. The first-order valence-electron chi connectivity index (χ1n) is 5.72. The van der Waals surface area contributed by atoms with Gasteiger partial charge in [0, 0.05) is 17.1 Å². The van der Waals surface area contributed by atoms with E-state index in [0.29, 0.717) is 11.3 Å². The second kappa shape index (κ2) is 6.12. The second-order valence-electron chi connectivity index (χ2n) is 4.05. The maximum Gasteiger partial charge on any atom is 0.168 e. The van der Waals surface area contributed by atoms with E-state index >= 15 is 0 Å². The highest BCUT2D eigenvalue weighted by molar-refractivity contribution is 9.10. The largest absolute Gasteiger partial charge is 0.494 e. The molecule has 1 aromatic carbocycles. The molecule has 2 aromatic rings. The van der Waals surface area contributed by atoms with E-state index in [4.69, 9.17) is 4.74 Å². The number of hydrogen-bond acceptors (Lipinski definition) is 3. The summed E-state index contributed by atoms with van der Waals surface area (Å²) in [6.07, 6.45) is 0.896. The van der Waals surface area contributed by atoms with E-state index in [1.165, 1.54) is 7.11 Å². The molecular weight excluding hydrogens is 313 g/mol. The summed E-state index contributed by atoms with van der Waals surface area (Å²) in [6, 6.07) is 8.35. The minimum Gasteiger partial charge on any atom is -0.494 e. The number of rotatable bonds is 4. The molecule has 0 aliphatic heterocycles. The highest BCUT2D eigenvalue weighted by Crippen LogP contribution is 2.24. The van der Waals surface area contributed by atoms with Gasteiger partial charge in [0.1, 0.15) is 6.10 Å². The molecule has 1 unspecified atom stereocenters. The summed E-state index contributed by atoms with van der Waals surface area (Å²) in [6.45, 7) is 0. The number of methoxy groups -OCH3 is 1. The van der Waals surface area contributed by atoms with E-state index in [1.807, 2.05) is 0 Å². The van der Waals surface area contributed by atoms with E-state index in [-0.39, 0.29) is 12.2 Å². The quantitative estimate of drug-likeness (QED) is 0.938. The van der Waals surface area contributed by atoms with E-state index in [9.17, 15) is 9.50 Å². The fourth-order valence-electron chi connectivity index (χ4n) is 1.77. The third kappa shape index (κ3) is 3.30. The van der Waals surface area contributed by atoms with Gasteiger partial charge in [-0.05, 0) is 39.7 Å². The van der Waals surface area contributed by atoms with Crippen LogP contribution in [0.4, 0.5) is 4.39 Å². The van der Waals surface area contributed by atoms with Crippen molar-refractivity contribution in [2.75, 3.05) is 7.11 Å². The minimum absolute atomic E-state index is 0.150. The number of ether oxygens (including phenoxy) is 1. The van der Waals surface area contributed by atoms with Crippen LogP contribution in [-0.2, 0) is 6.42 Å². The molecule has 2 rings (SSSR count). The summed E-state index contributed by atoms with van der Waals surface area (Å²) in [5.74, 6) is -0.269. The van der Waals surface area contributed by atoms with Crippen LogP contribution >= 0.6 is 15.9 Å². The Hall–Kier alpha value is -1.46. The molecule has 0 saturated carbocycles. The van der Waals surface area contributed by atoms with Crippen LogP contribution in [0.2, 0.25) is 0 Å². The first kappa shape index (κ1) is 14.0. The maximum atomic E-state index is 13.9. The number of benzene rings is 1. The summed E-state index contributed by atoms with van der Waals surface area (Å²) in [4.78, 5) is 4.10. The number of pyridine rings is 1. The Kier molecular flexibility index (Phi) is 4.50. The van der Waals surface area contributed by atoms with Crippen molar-refractivity contribution in [3.8, 4) is 5.75 Å². The SMILES string of the molecule is COc1cccc(CC(O)c2ccc(Br)cn2)c1F. The lowest BCUT2D eigenvalue weighted by molar-refractivity contribution is 0.172. The molecule has 0 amide bonds. The van der Waals surface area contributed by atoms with Crippen molar-refractivity contribution in [1.29, 1.82) is 0 Å². The Morgan fingerprint density at radius 2 is 2.16 bits per heavy atom. The van der Waals surface area contributed by atoms with Gasteiger partial charge >= 0.3 is 0 Å². The molecular formula is C14H13BrFNO2. The molecule has 0 aliphatic carbocycles. The lowest BCUT2D eigenvalue weighted by Crippen LogP contribution is -2.06. The van der Waals surface area contributed by atoms with Crippen LogP contribution in [0.25, 0.3) is 0 Å². The number of halogens is 2. The first-order valence-corrected chi connectivity index (χ1v) is 6.52. The van der Waals surface area contributed by atoms with E-state index in [1.54, 1.807) is 36.5 Å². The fraction of sp³-hybridized carbons (Fsp3) is 0.214. The van der Waals surface area contributed by atoms with Crippen molar-refractivity contribution in [3.63, 3.8) is 0 Å². The van der Waals surface area contributed by atoms with Gasteiger partial charge in [-0.1, -0.05) is 12.1 Å². The first-order chi connectivity index (χ1) is 9.11. The Bertz CT molecular complexity index is 560. The van der Waals surface area contributed by atoms with Gasteiger partial charge in [-0.15, -0.1) is 0 Å². The zero-order chi connectivity index (χ0) is 13.8. The molecule has 1 N–H and O–H groups in total. The van der Waals surface area contributed by atoms with E-state index in [2.05, 4.69) is 20.9 Å². The third-order valence-corrected chi connectivity index (χ3v) is 3.24. The number of nitrogens with zero attached hydrogens (tertiary/aromatic N) is 1. The van der Waals surface area contributed by atoms with Gasteiger partial charge < -0.3 is 9.84 Å².